The molecule has 0 unspecified atom stereocenters. The molecule has 1 aromatic heterocycles. The second kappa shape index (κ2) is 2.58. The Kier molecular flexibility index (Phi) is 1.56. The molecule has 1 aliphatic rings. The van der Waals surface area contributed by atoms with Crippen LogP contribution in [0.3, 0.4) is 0 Å². The maximum absolute atomic E-state index is 10.8. The predicted molar refractivity (Wildman–Crippen MR) is 41.3 cm³/mol. The molecular formula is C7H10N4O. The number of carbonyl (C=O) groups is 1. The fraction of sp³-hybridized carbons (Fsp3) is 0.571. The summed E-state index contributed by atoms with van der Waals surface area (Å²) in [5.41, 5.74) is 0. The Balaban J connectivity index is 1.94. The zero-order valence-corrected chi connectivity index (χ0v) is 6.84. The minimum absolute atomic E-state index is 0.131. The van der Waals surface area contributed by atoms with E-state index in [-0.39, 0.29) is 5.91 Å². The molecular weight excluding hydrogens is 156 g/mol. The van der Waals surface area contributed by atoms with Crippen LogP contribution in [0.1, 0.15) is 13.0 Å². The number of amides is 1. The highest BCUT2D eigenvalue weighted by Crippen LogP contribution is 2.18. The molecule has 2 heterocycles. The van der Waals surface area contributed by atoms with Gasteiger partial charge in [-0.2, -0.15) is 0 Å². The topological polar surface area (TPSA) is 51.0 Å². The van der Waals surface area contributed by atoms with Crippen molar-refractivity contribution in [1.82, 2.24) is 19.9 Å². The molecule has 2 rings (SSSR count). The summed E-state index contributed by atoms with van der Waals surface area (Å²) in [6.07, 6.45) is 3.47. The van der Waals surface area contributed by atoms with Crippen molar-refractivity contribution in [3.63, 3.8) is 0 Å². The zero-order valence-electron chi connectivity index (χ0n) is 6.84. The van der Waals surface area contributed by atoms with E-state index in [4.69, 9.17) is 0 Å². The first-order valence-corrected chi connectivity index (χ1v) is 3.88. The lowest BCUT2D eigenvalue weighted by Crippen LogP contribution is -2.50. The summed E-state index contributed by atoms with van der Waals surface area (Å²) in [5, 5.41) is 7.57. The van der Waals surface area contributed by atoms with Crippen LogP contribution in [0.25, 0.3) is 0 Å². The molecule has 0 aromatic carbocycles. The SMILES string of the molecule is CC(=O)N1CC(n2ccnn2)C1. The lowest BCUT2D eigenvalue weighted by atomic mass is 10.1. The number of nitrogens with zero attached hydrogens (tertiary/aromatic N) is 4. The first-order chi connectivity index (χ1) is 5.77. The fourth-order valence-electron chi connectivity index (χ4n) is 1.29. The van der Waals surface area contributed by atoms with Crippen LogP contribution in [0.5, 0.6) is 0 Å². The maximum Gasteiger partial charge on any atom is 0.219 e. The van der Waals surface area contributed by atoms with Crippen LogP contribution in [0.4, 0.5) is 0 Å². The van der Waals surface area contributed by atoms with Crippen molar-refractivity contribution in [3.05, 3.63) is 12.4 Å². The van der Waals surface area contributed by atoms with Gasteiger partial charge in [-0.1, -0.05) is 5.21 Å². The highest BCUT2D eigenvalue weighted by atomic mass is 16.2. The smallest absolute Gasteiger partial charge is 0.219 e. The van der Waals surface area contributed by atoms with Gasteiger partial charge < -0.3 is 4.90 Å². The van der Waals surface area contributed by atoms with Gasteiger partial charge in [0.15, 0.2) is 0 Å². The van der Waals surface area contributed by atoms with Crippen LogP contribution in [0.15, 0.2) is 12.4 Å². The van der Waals surface area contributed by atoms with E-state index in [1.54, 1.807) is 22.7 Å². The summed E-state index contributed by atoms with van der Waals surface area (Å²) in [5.74, 6) is 0.131. The molecule has 1 aliphatic heterocycles. The summed E-state index contributed by atoms with van der Waals surface area (Å²) < 4.78 is 1.79. The summed E-state index contributed by atoms with van der Waals surface area (Å²) in [6, 6.07) is 0.330. The Hall–Kier alpha value is -1.39. The molecule has 0 aliphatic carbocycles. The van der Waals surface area contributed by atoms with Crippen molar-refractivity contribution >= 4 is 5.91 Å². The van der Waals surface area contributed by atoms with Gasteiger partial charge in [0, 0.05) is 26.2 Å². The summed E-state index contributed by atoms with van der Waals surface area (Å²) in [6.45, 7) is 3.11. The molecule has 0 atom stereocenters. The third kappa shape index (κ3) is 1.07. The number of rotatable bonds is 1. The van der Waals surface area contributed by atoms with E-state index in [1.807, 2.05) is 6.20 Å². The van der Waals surface area contributed by atoms with E-state index in [2.05, 4.69) is 10.3 Å². The van der Waals surface area contributed by atoms with Gasteiger partial charge in [-0.05, 0) is 0 Å². The predicted octanol–water partition coefficient (Wildman–Crippen LogP) is -0.319. The molecule has 64 valence electrons. The van der Waals surface area contributed by atoms with Gasteiger partial charge in [0.1, 0.15) is 0 Å². The molecule has 0 radical (unpaired) electrons. The van der Waals surface area contributed by atoms with E-state index < -0.39 is 0 Å². The lowest BCUT2D eigenvalue weighted by Gasteiger charge is -2.38. The number of likely N-dealkylation sites (tertiary alicyclic amines) is 1. The third-order valence-corrected chi connectivity index (χ3v) is 2.12. The van der Waals surface area contributed by atoms with Crippen molar-refractivity contribution in [2.75, 3.05) is 13.1 Å². The van der Waals surface area contributed by atoms with Crippen molar-refractivity contribution in [2.24, 2.45) is 0 Å². The molecule has 1 aromatic rings. The van der Waals surface area contributed by atoms with Crippen LogP contribution in [0, 0.1) is 0 Å². The quantitative estimate of drug-likeness (QED) is 0.574. The summed E-state index contributed by atoms with van der Waals surface area (Å²) >= 11 is 0. The van der Waals surface area contributed by atoms with Gasteiger partial charge in [0.2, 0.25) is 5.91 Å². The molecule has 0 saturated carbocycles. The van der Waals surface area contributed by atoms with Gasteiger partial charge in [-0.25, -0.2) is 4.68 Å². The molecule has 1 amide bonds. The molecule has 5 heteroatoms. The van der Waals surface area contributed by atoms with Gasteiger partial charge in [0.05, 0.1) is 12.2 Å². The Bertz CT molecular complexity index is 276. The first-order valence-electron chi connectivity index (χ1n) is 3.88. The van der Waals surface area contributed by atoms with Crippen molar-refractivity contribution < 1.29 is 4.79 Å². The number of carbonyl (C=O) groups excluding carboxylic acids is 1. The Morgan fingerprint density at radius 2 is 2.33 bits per heavy atom. The molecule has 5 nitrogen and oxygen atoms in total. The van der Waals surface area contributed by atoms with Gasteiger partial charge in [-0.3, -0.25) is 4.79 Å². The van der Waals surface area contributed by atoms with E-state index >= 15 is 0 Å². The molecule has 1 saturated heterocycles. The second-order valence-corrected chi connectivity index (χ2v) is 2.96. The maximum atomic E-state index is 10.8. The lowest BCUT2D eigenvalue weighted by molar-refractivity contribution is -0.134. The molecule has 0 spiro atoms. The normalized spacial score (nSPS) is 17.6. The number of hydrogen-bond acceptors (Lipinski definition) is 3. The number of hydrogen-bond donors (Lipinski definition) is 0. The fourth-order valence-corrected chi connectivity index (χ4v) is 1.29. The second-order valence-electron chi connectivity index (χ2n) is 2.96. The van der Waals surface area contributed by atoms with E-state index in [9.17, 15) is 4.79 Å². The van der Waals surface area contributed by atoms with Crippen LogP contribution in [0.2, 0.25) is 0 Å². The van der Waals surface area contributed by atoms with Crippen LogP contribution in [-0.2, 0) is 4.79 Å². The van der Waals surface area contributed by atoms with Crippen LogP contribution >= 0.6 is 0 Å². The minimum atomic E-state index is 0.131. The average molecular weight is 166 g/mol. The van der Waals surface area contributed by atoms with Crippen molar-refractivity contribution in [2.45, 2.75) is 13.0 Å². The van der Waals surface area contributed by atoms with Gasteiger partial charge in [-0.15, -0.1) is 5.10 Å². The van der Waals surface area contributed by atoms with E-state index in [0.29, 0.717) is 6.04 Å². The van der Waals surface area contributed by atoms with E-state index in [1.165, 1.54) is 0 Å². The Labute approximate surface area is 70.0 Å². The Morgan fingerprint density at radius 1 is 1.58 bits per heavy atom. The summed E-state index contributed by atoms with van der Waals surface area (Å²) in [4.78, 5) is 12.6. The molecule has 0 N–H and O–H groups in total. The number of aromatic nitrogens is 3. The average Bonchev–Trinajstić information content (AvgIpc) is 2.34. The van der Waals surface area contributed by atoms with Crippen molar-refractivity contribution in [1.29, 1.82) is 0 Å². The third-order valence-electron chi connectivity index (χ3n) is 2.12. The molecule has 12 heavy (non-hydrogen) atoms. The largest absolute Gasteiger partial charge is 0.339 e. The zero-order chi connectivity index (χ0) is 8.55. The van der Waals surface area contributed by atoms with E-state index in [0.717, 1.165) is 13.1 Å². The van der Waals surface area contributed by atoms with Crippen LogP contribution < -0.4 is 0 Å². The monoisotopic (exact) mass is 166 g/mol. The van der Waals surface area contributed by atoms with Gasteiger partial charge in [0.25, 0.3) is 0 Å². The minimum Gasteiger partial charge on any atom is -0.339 e. The molecule has 0 bridgehead atoms. The summed E-state index contributed by atoms with van der Waals surface area (Å²) in [7, 11) is 0. The van der Waals surface area contributed by atoms with Crippen LogP contribution in [-0.4, -0.2) is 38.9 Å². The van der Waals surface area contributed by atoms with Crippen molar-refractivity contribution in [3.8, 4) is 0 Å². The van der Waals surface area contributed by atoms with Gasteiger partial charge >= 0.3 is 0 Å². The first kappa shape index (κ1) is 7.27. The standard InChI is InChI=1S/C7H10N4O/c1-6(12)10-4-7(5-10)11-3-2-8-9-11/h2-3,7H,4-5H2,1H3. The highest BCUT2D eigenvalue weighted by molar-refractivity contribution is 5.74. The molecule has 1 fully saturated rings. The Morgan fingerprint density at radius 3 is 2.83 bits per heavy atom. The highest BCUT2D eigenvalue weighted by Gasteiger charge is 2.30.